The number of nitrogens with one attached hydrogen (secondary N) is 4. The van der Waals surface area contributed by atoms with Crippen LogP contribution >= 0.6 is 11.6 Å². The van der Waals surface area contributed by atoms with Crippen LogP contribution in [0.1, 0.15) is 11.1 Å². The van der Waals surface area contributed by atoms with E-state index < -0.39 is 0 Å². The second kappa shape index (κ2) is 9.87. The molecule has 0 bridgehead atoms. The normalized spacial score (nSPS) is 18.9. The topological polar surface area (TPSA) is 67.1 Å². The van der Waals surface area contributed by atoms with Gasteiger partial charge in [-0.3, -0.25) is 9.59 Å². The molecule has 4 N–H and O–H groups in total. The van der Waals surface area contributed by atoms with Crippen LogP contribution in [0.5, 0.6) is 0 Å². The zero-order valence-electron chi connectivity index (χ0n) is 17.0. The molecule has 0 radical (unpaired) electrons. The number of amides is 2. The molecule has 0 atom stereocenters. The Morgan fingerprint density at radius 1 is 0.862 bits per heavy atom. The van der Waals surface area contributed by atoms with Crippen LogP contribution in [0.25, 0.3) is 0 Å². The van der Waals surface area contributed by atoms with Crippen molar-refractivity contribution in [2.45, 2.75) is 13.8 Å². The number of hydrogen-bond acceptors (Lipinski definition) is 2. The average molecular weight is 417 g/mol. The molecule has 1 fully saturated rings. The van der Waals surface area contributed by atoms with Crippen LogP contribution in [-0.2, 0) is 9.59 Å². The lowest BCUT2D eigenvalue weighted by molar-refractivity contribution is -1.00. The van der Waals surface area contributed by atoms with E-state index >= 15 is 0 Å². The Morgan fingerprint density at radius 3 is 1.97 bits per heavy atom. The summed E-state index contributed by atoms with van der Waals surface area (Å²) < 4.78 is 0. The van der Waals surface area contributed by atoms with Gasteiger partial charge in [-0.15, -0.1) is 0 Å². The molecule has 0 aromatic heterocycles. The second-order valence-electron chi connectivity index (χ2n) is 7.75. The summed E-state index contributed by atoms with van der Waals surface area (Å²) in [6, 6.07) is 13.3. The van der Waals surface area contributed by atoms with Gasteiger partial charge >= 0.3 is 0 Å². The summed E-state index contributed by atoms with van der Waals surface area (Å²) in [7, 11) is 0. The van der Waals surface area contributed by atoms with Crippen molar-refractivity contribution in [1.82, 2.24) is 0 Å². The van der Waals surface area contributed by atoms with Crippen LogP contribution in [0.2, 0.25) is 5.02 Å². The molecule has 1 aliphatic heterocycles. The second-order valence-corrected chi connectivity index (χ2v) is 8.16. The monoisotopic (exact) mass is 416 g/mol. The zero-order valence-corrected chi connectivity index (χ0v) is 17.7. The van der Waals surface area contributed by atoms with Gasteiger partial charge in [-0.1, -0.05) is 41.4 Å². The van der Waals surface area contributed by atoms with E-state index in [9.17, 15) is 9.59 Å². The minimum absolute atomic E-state index is 0.0341. The highest BCUT2D eigenvalue weighted by Gasteiger charge is 2.26. The number of quaternary nitrogens is 2. The molecule has 154 valence electrons. The number of carbonyl (C=O) groups excluding carboxylic acids is 2. The van der Waals surface area contributed by atoms with Crippen molar-refractivity contribution in [2.75, 3.05) is 49.9 Å². The first-order valence-electron chi connectivity index (χ1n) is 9.99. The molecule has 2 amide bonds. The minimum Gasteiger partial charge on any atom is -0.321 e. The first kappa shape index (κ1) is 21.3. The molecular weight excluding hydrogens is 388 g/mol. The van der Waals surface area contributed by atoms with Gasteiger partial charge in [0.05, 0.1) is 10.7 Å². The van der Waals surface area contributed by atoms with Gasteiger partial charge in [0.15, 0.2) is 13.1 Å². The van der Waals surface area contributed by atoms with Crippen molar-refractivity contribution in [3.8, 4) is 0 Å². The van der Waals surface area contributed by atoms with Gasteiger partial charge in [0.2, 0.25) is 0 Å². The number of rotatable bonds is 6. The van der Waals surface area contributed by atoms with Gasteiger partial charge in [-0.05, 0) is 37.6 Å². The summed E-state index contributed by atoms with van der Waals surface area (Å²) in [6.45, 7) is 8.37. The van der Waals surface area contributed by atoms with Crippen molar-refractivity contribution in [3.63, 3.8) is 0 Å². The molecule has 0 saturated carbocycles. The third-order valence-electron chi connectivity index (χ3n) is 5.29. The highest BCUT2D eigenvalue weighted by Crippen LogP contribution is 2.20. The van der Waals surface area contributed by atoms with Crippen molar-refractivity contribution < 1.29 is 19.4 Å². The maximum Gasteiger partial charge on any atom is 0.279 e. The molecule has 1 heterocycles. The van der Waals surface area contributed by atoms with Crippen LogP contribution in [0, 0.1) is 13.8 Å². The summed E-state index contributed by atoms with van der Waals surface area (Å²) in [6.07, 6.45) is 0. The molecule has 2 aromatic rings. The summed E-state index contributed by atoms with van der Waals surface area (Å²) in [5.74, 6) is -0.00370. The molecule has 0 aliphatic carbocycles. The Balaban J connectivity index is 1.41. The van der Waals surface area contributed by atoms with Crippen molar-refractivity contribution in [1.29, 1.82) is 0 Å². The Kier molecular flexibility index (Phi) is 7.25. The minimum atomic E-state index is -0.0378. The molecule has 6 nitrogen and oxygen atoms in total. The van der Waals surface area contributed by atoms with Crippen molar-refractivity contribution in [3.05, 3.63) is 58.6 Å². The SMILES string of the molecule is Cc1ccc(NC(=O)C[NH+]2CC[NH+](CC(=O)Nc3ccccc3Cl)CC2)c(C)c1. The number of benzene rings is 2. The molecule has 1 saturated heterocycles. The number of carbonyl (C=O) groups is 2. The fourth-order valence-corrected chi connectivity index (χ4v) is 3.85. The van der Waals surface area contributed by atoms with E-state index in [2.05, 4.69) is 16.7 Å². The van der Waals surface area contributed by atoms with Crippen LogP contribution in [-0.4, -0.2) is 51.1 Å². The highest BCUT2D eigenvalue weighted by atomic mass is 35.5. The highest BCUT2D eigenvalue weighted by molar-refractivity contribution is 6.33. The van der Waals surface area contributed by atoms with E-state index in [1.165, 1.54) is 15.4 Å². The summed E-state index contributed by atoms with van der Waals surface area (Å²) in [5, 5.41) is 6.43. The standard InChI is InChI=1S/C22H27ClN4O2/c1-16-7-8-19(17(2)13-16)24-21(28)14-26-9-11-27(12-10-26)15-22(29)25-20-6-4-3-5-18(20)23/h3-8,13H,9-12,14-15H2,1-2H3,(H,24,28)(H,25,29)/p+2. The number of aryl methyl sites for hydroxylation is 2. The number of para-hydroxylation sites is 1. The van der Waals surface area contributed by atoms with E-state index in [4.69, 9.17) is 11.6 Å². The van der Waals surface area contributed by atoms with Gasteiger partial charge in [0, 0.05) is 5.69 Å². The van der Waals surface area contributed by atoms with Crippen LogP contribution in [0.3, 0.4) is 0 Å². The lowest BCUT2D eigenvalue weighted by Gasteiger charge is -2.29. The zero-order chi connectivity index (χ0) is 20.8. The largest absolute Gasteiger partial charge is 0.321 e. The number of hydrogen-bond donors (Lipinski definition) is 4. The smallest absolute Gasteiger partial charge is 0.279 e. The fourth-order valence-electron chi connectivity index (χ4n) is 3.67. The lowest BCUT2D eigenvalue weighted by Crippen LogP contribution is -3.28. The van der Waals surface area contributed by atoms with E-state index in [0.717, 1.165) is 37.4 Å². The lowest BCUT2D eigenvalue weighted by atomic mass is 10.1. The number of anilines is 2. The van der Waals surface area contributed by atoms with E-state index in [1.807, 2.05) is 38.1 Å². The Bertz CT molecular complexity index is 879. The van der Waals surface area contributed by atoms with E-state index in [0.29, 0.717) is 23.8 Å². The molecule has 0 spiro atoms. The first-order valence-corrected chi connectivity index (χ1v) is 10.4. The van der Waals surface area contributed by atoms with Crippen LogP contribution in [0.4, 0.5) is 11.4 Å². The molecule has 7 heteroatoms. The third-order valence-corrected chi connectivity index (χ3v) is 5.62. The molecule has 3 rings (SSSR count). The van der Waals surface area contributed by atoms with Gasteiger partial charge < -0.3 is 20.4 Å². The van der Waals surface area contributed by atoms with E-state index in [1.54, 1.807) is 12.1 Å². The predicted molar refractivity (Wildman–Crippen MR) is 116 cm³/mol. The molecule has 29 heavy (non-hydrogen) atoms. The Labute approximate surface area is 176 Å². The first-order chi connectivity index (χ1) is 13.9. The molecule has 0 unspecified atom stereocenters. The van der Waals surface area contributed by atoms with Gasteiger partial charge in [0.25, 0.3) is 11.8 Å². The Morgan fingerprint density at radius 2 is 1.41 bits per heavy atom. The van der Waals surface area contributed by atoms with Crippen LogP contribution in [0.15, 0.2) is 42.5 Å². The summed E-state index contributed by atoms with van der Waals surface area (Å²) in [4.78, 5) is 27.2. The van der Waals surface area contributed by atoms with Gasteiger partial charge in [0.1, 0.15) is 26.2 Å². The van der Waals surface area contributed by atoms with Crippen molar-refractivity contribution >= 4 is 34.8 Å². The molecule has 1 aliphatic rings. The number of halogens is 1. The summed E-state index contributed by atoms with van der Waals surface area (Å²) >= 11 is 6.09. The van der Waals surface area contributed by atoms with E-state index in [-0.39, 0.29) is 11.8 Å². The van der Waals surface area contributed by atoms with Crippen LogP contribution < -0.4 is 20.4 Å². The summed E-state index contributed by atoms with van der Waals surface area (Å²) in [5.41, 5.74) is 3.78. The fraction of sp³-hybridized carbons (Fsp3) is 0.364. The Hall–Kier alpha value is -2.41. The maximum absolute atomic E-state index is 12.4. The molecule has 2 aromatic carbocycles. The maximum atomic E-state index is 12.4. The van der Waals surface area contributed by atoms with Gasteiger partial charge in [-0.2, -0.15) is 0 Å². The number of piperazine rings is 1. The quantitative estimate of drug-likeness (QED) is 0.548. The predicted octanol–water partition coefficient (Wildman–Crippen LogP) is 0.317. The average Bonchev–Trinajstić information content (AvgIpc) is 2.67. The van der Waals surface area contributed by atoms with Gasteiger partial charge in [-0.25, -0.2) is 0 Å². The van der Waals surface area contributed by atoms with Crippen molar-refractivity contribution in [2.24, 2.45) is 0 Å². The third kappa shape index (κ3) is 6.29. The molecular formula is C22H29ClN4O2+2.